The van der Waals surface area contributed by atoms with Crippen LogP contribution in [-0.2, 0) is 11.3 Å². The molecule has 2 aromatic rings. The van der Waals surface area contributed by atoms with Gasteiger partial charge in [0, 0.05) is 29.8 Å². The fraction of sp³-hybridized carbons (Fsp3) is 0.476. The number of rotatable bonds is 3. The van der Waals surface area contributed by atoms with Crippen molar-refractivity contribution < 1.29 is 4.74 Å². The molecule has 0 unspecified atom stereocenters. The second-order valence-electron chi connectivity index (χ2n) is 6.96. The van der Waals surface area contributed by atoms with Gasteiger partial charge >= 0.3 is 0 Å². The Morgan fingerprint density at radius 2 is 2.00 bits per heavy atom. The van der Waals surface area contributed by atoms with E-state index in [2.05, 4.69) is 54.3 Å². The highest BCUT2D eigenvalue weighted by Gasteiger charge is 2.18. The van der Waals surface area contributed by atoms with Crippen LogP contribution in [0, 0.1) is 24.7 Å². The Labute approximate surface area is 144 Å². The lowest BCUT2D eigenvalue weighted by molar-refractivity contribution is 0.00396. The van der Waals surface area contributed by atoms with E-state index in [-0.39, 0.29) is 0 Å². The van der Waals surface area contributed by atoms with Gasteiger partial charge in [-0.25, -0.2) is 0 Å². The molecular formula is C21H24N2O. The van der Waals surface area contributed by atoms with Gasteiger partial charge in [-0.3, -0.25) is 4.68 Å². The molecule has 0 bridgehead atoms. The number of ether oxygens (including phenoxy) is 1. The van der Waals surface area contributed by atoms with E-state index in [1.54, 1.807) is 0 Å². The van der Waals surface area contributed by atoms with Gasteiger partial charge in [0.15, 0.2) is 0 Å². The smallest absolute Gasteiger partial charge is 0.0770 e. The minimum Gasteiger partial charge on any atom is -0.376 e. The molecule has 1 aliphatic carbocycles. The number of hydrogen-bond donors (Lipinski definition) is 0. The topological polar surface area (TPSA) is 27.1 Å². The number of nitrogens with zero attached hydrogens (tertiary/aromatic N) is 2. The lowest BCUT2D eigenvalue weighted by atomic mass is 10.0. The van der Waals surface area contributed by atoms with E-state index in [1.165, 1.54) is 36.8 Å². The molecule has 1 aromatic heterocycles. The van der Waals surface area contributed by atoms with E-state index >= 15 is 0 Å². The number of benzene rings is 1. The molecule has 0 amide bonds. The molecule has 1 atom stereocenters. The number of aromatic nitrogens is 2. The summed E-state index contributed by atoms with van der Waals surface area (Å²) in [5.74, 6) is 7.23. The van der Waals surface area contributed by atoms with Gasteiger partial charge in [-0.15, -0.1) is 0 Å². The first-order valence-electron chi connectivity index (χ1n) is 9.05. The zero-order chi connectivity index (χ0) is 16.4. The van der Waals surface area contributed by atoms with Crippen molar-refractivity contribution in [3.63, 3.8) is 0 Å². The van der Waals surface area contributed by atoms with Crippen LogP contribution in [0.3, 0.4) is 0 Å². The SMILES string of the molecule is Cc1nn(C[C@H]2CCCCO2)cc1-c1ccc(C#CC2CC2)cc1. The van der Waals surface area contributed by atoms with Gasteiger partial charge in [0.1, 0.15) is 0 Å². The Kier molecular flexibility index (Phi) is 4.40. The molecule has 2 heterocycles. The van der Waals surface area contributed by atoms with Crippen molar-refractivity contribution in [3.8, 4) is 23.0 Å². The predicted octanol–water partition coefficient (Wildman–Crippen LogP) is 4.19. The van der Waals surface area contributed by atoms with E-state index in [1.807, 2.05) is 4.68 Å². The standard InChI is InChI=1S/C21H24N2O/c1-16-21(15-23(22-16)14-20-4-2-3-13-24-20)19-11-9-18(10-12-19)8-7-17-5-6-17/h9-12,15,17,20H,2-6,13-14H2,1H3/t20-/m1/s1. The second kappa shape index (κ2) is 6.83. The minimum atomic E-state index is 0.311. The van der Waals surface area contributed by atoms with Crippen LogP contribution in [0.25, 0.3) is 11.1 Å². The monoisotopic (exact) mass is 320 g/mol. The maximum Gasteiger partial charge on any atom is 0.0770 e. The largest absolute Gasteiger partial charge is 0.376 e. The van der Waals surface area contributed by atoms with Gasteiger partial charge in [0.25, 0.3) is 0 Å². The summed E-state index contributed by atoms with van der Waals surface area (Å²) < 4.78 is 7.87. The molecule has 24 heavy (non-hydrogen) atoms. The van der Waals surface area contributed by atoms with Crippen LogP contribution in [0.5, 0.6) is 0 Å². The fourth-order valence-corrected chi connectivity index (χ4v) is 3.20. The highest BCUT2D eigenvalue weighted by Crippen LogP contribution is 2.28. The summed E-state index contributed by atoms with van der Waals surface area (Å²) in [5.41, 5.74) is 4.58. The molecule has 124 valence electrons. The third-order valence-corrected chi connectivity index (χ3v) is 4.80. The first-order chi connectivity index (χ1) is 11.8. The summed E-state index contributed by atoms with van der Waals surface area (Å²) in [5, 5.41) is 4.68. The number of hydrogen-bond acceptors (Lipinski definition) is 2. The van der Waals surface area contributed by atoms with Gasteiger partial charge in [0.05, 0.1) is 18.3 Å². The first kappa shape index (κ1) is 15.5. The Morgan fingerprint density at radius 3 is 2.71 bits per heavy atom. The summed E-state index contributed by atoms with van der Waals surface area (Å²) >= 11 is 0. The van der Waals surface area contributed by atoms with Gasteiger partial charge in [-0.05, 0) is 56.7 Å². The van der Waals surface area contributed by atoms with Crippen LogP contribution >= 0.6 is 0 Å². The van der Waals surface area contributed by atoms with Crippen molar-refractivity contribution in [2.75, 3.05) is 6.61 Å². The molecule has 1 saturated carbocycles. The molecule has 3 nitrogen and oxygen atoms in total. The summed E-state index contributed by atoms with van der Waals surface area (Å²) in [6.45, 7) is 3.82. The zero-order valence-corrected chi connectivity index (χ0v) is 14.3. The van der Waals surface area contributed by atoms with E-state index in [0.717, 1.165) is 30.8 Å². The quantitative estimate of drug-likeness (QED) is 0.793. The Morgan fingerprint density at radius 1 is 1.17 bits per heavy atom. The molecule has 1 aromatic carbocycles. The van der Waals surface area contributed by atoms with Crippen molar-refractivity contribution in [1.82, 2.24) is 9.78 Å². The average molecular weight is 320 g/mol. The van der Waals surface area contributed by atoms with E-state index in [0.29, 0.717) is 12.0 Å². The summed E-state index contributed by atoms with van der Waals surface area (Å²) in [6.07, 6.45) is 8.60. The Hall–Kier alpha value is -2.05. The molecule has 0 spiro atoms. The average Bonchev–Trinajstić information content (AvgIpc) is 3.37. The fourth-order valence-electron chi connectivity index (χ4n) is 3.20. The molecule has 3 heteroatoms. The molecule has 0 radical (unpaired) electrons. The molecule has 2 fully saturated rings. The first-order valence-corrected chi connectivity index (χ1v) is 9.05. The van der Waals surface area contributed by atoms with Crippen molar-refractivity contribution in [3.05, 3.63) is 41.7 Å². The summed E-state index contributed by atoms with van der Waals surface area (Å²) in [7, 11) is 0. The molecule has 2 aliphatic rings. The minimum absolute atomic E-state index is 0.311. The Balaban J connectivity index is 1.48. The van der Waals surface area contributed by atoms with Crippen LogP contribution in [-0.4, -0.2) is 22.5 Å². The van der Waals surface area contributed by atoms with Crippen molar-refractivity contribution in [2.24, 2.45) is 5.92 Å². The highest BCUT2D eigenvalue weighted by molar-refractivity contribution is 5.66. The molecule has 4 rings (SSSR count). The molecule has 0 N–H and O–H groups in total. The van der Waals surface area contributed by atoms with Crippen molar-refractivity contribution in [2.45, 2.75) is 51.7 Å². The van der Waals surface area contributed by atoms with E-state index in [9.17, 15) is 0 Å². The van der Waals surface area contributed by atoms with Crippen LogP contribution in [0.1, 0.15) is 43.4 Å². The predicted molar refractivity (Wildman–Crippen MR) is 95.6 cm³/mol. The van der Waals surface area contributed by atoms with Crippen LogP contribution in [0.4, 0.5) is 0 Å². The molecule has 1 saturated heterocycles. The van der Waals surface area contributed by atoms with Gasteiger partial charge in [-0.2, -0.15) is 5.10 Å². The van der Waals surface area contributed by atoms with Gasteiger partial charge in [-0.1, -0.05) is 24.0 Å². The Bertz CT molecular complexity index is 753. The van der Waals surface area contributed by atoms with Gasteiger partial charge < -0.3 is 4.74 Å². The van der Waals surface area contributed by atoms with Crippen LogP contribution < -0.4 is 0 Å². The van der Waals surface area contributed by atoms with Crippen molar-refractivity contribution >= 4 is 0 Å². The summed E-state index contributed by atoms with van der Waals surface area (Å²) in [4.78, 5) is 0. The molecule has 1 aliphatic heterocycles. The van der Waals surface area contributed by atoms with Crippen molar-refractivity contribution in [1.29, 1.82) is 0 Å². The van der Waals surface area contributed by atoms with Gasteiger partial charge in [0.2, 0.25) is 0 Å². The summed E-state index contributed by atoms with van der Waals surface area (Å²) in [6, 6.07) is 8.54. The maximum atomic E-state index is 5.83. The van der Waals surface area contributed by atoms with Crippen LogP contribution in [0.15, 0.2) is 30.5 Å². The lowest BCUT2D eigenvalue weighted by Crippen LogP contribution is -2.24. The van der Waals surface area contributed by atoms with E-state index in [4.69, 9.17) is 4.74 Å². The normalized spacial score (nSPS) is 20.5. The molecular weight excluding hydrogens is 296 g/mol. The van der Waals surface area contributed by atoms with E-state index < -0.39 is 0 Å². The zero-order valence-electron chi connectivity index (χ0n) is 14.3. The number of aryl methyl sites for hydroxylation is 1. The third kappa shape index (κ3) is 3.71. The lowest BCUT2D eigenvalue weighted by Gasteiger charge is -2.22. The third-order valence-electron chi connectivity index (χ3n) is 4.80. The highest BCUT2D eigenvalue weighted by atomic mass is 16.5. The second-order valence-corrected chi connectivity index (χ2v) is 6.96. The van der Waals surface area contributed by atoms with Crippen LogP contribution in [0.2, 0.25) is 0 Å². The maximum absolute atomic E-state index is 5.83.